The highest BCUT2D eigenvalue weighted by Crippen LogP contribution is 2.46. The summed E-state index contributed by atoms with van der Waals surface area (Å²) in [6.07, 6.45) is 1.65. The fourth-order valence-corrected chi connectivity index (χ4v) is 7.08. The summed E-state index contributed by atoms with van der Waals surface area (Å²) in [5.74, 6) is 0. The second-order valence-electron chi connectivity index (χ2n) is 8.32. The molecule has 3 aromatic carbocycles. The summed E-state index contributed by atoms with van der Waals surface area (Å²) in [4.78, 5) is 2.85. The molecular formula is C25H25ClN2O2S. The maximum atomic E-state index is 13.6. The Bertz CT molecular complexity index is 1160. The van der Waals surface area contributed by atoms with E-state index in [-0.39, 0.29) is 12.1 Å². The van der Waals surface area contributed by atoms with E-state index in [4.69, 9.17) is 11.6 Å². The Balaban J connectivity index is 1.42. The van der Waals surface area contributed by atoms with Gasteiger partial charge in [-0.3, -0.25) is 4.90 Å². The summed E-state index contributed by atoms with van der Waals surface area (Å²) in [5, 5.41) is 0.652. The van der Waals surface area contributed by atoms with E-state index in [0.29, 0.717) is 9.92 Å². The molecule has 1 unspecified atom stereocenters. The molecule has 0 spiro atoms. The fourth-order valence-electron chi connectivity index (χ4n) is 4.88. The third kappa shape index (κ3) is 3.92. The van der Waals surface area contributed by atoms with Crippen LogP contribution in [0, 0.1) is 0 Å². The van der Waals surface area contributed by atoms with Gasteiger partial charge in [0.1, 0.15) is 0 Å². The van der Waals surface area contributed by atoms with Crippen LogP contribution in [-0.4, -0.2) is 36.8 Å². The molecule has 0 N–H and O–H groups in total. The van der Waals surface area contributed by atoms with E-state index in [1.54, 1.807) is 16.4 Å². The highest BCUT2D eigenvalue weighted by molar-refractivity contribution is 7.89. The molecular weight excluding hydrogens is 428 g/mol. The van der Waals surface area contributed by atoms with Gasteiger partial charge in [-0.05, 0) is 47.7 Å². The first-order valence-electron chi connectivity index (χ1n) is 10.7. The average molecular weight is 453 g/mol. The van der Waals surface area contributed by atoms with E-state index in [1.807, 2.05) is 42.5 Å². The lowest BCUT2D eigenvalue weighted by Crippen LogP contribution is -2.46. The Morgan fingerprint density at radius 1 is 0.839 bits per heavy atom. The Kier molecular flexibility index (Phi) is 5.61. The highest BCUT2D eigenvalue weighted by atomic mass is 35.5. The minimum absolute atomic E-state index is 0.0231. The highest BCUT2D eigenvalue weighted by Gasteiger charge is 2.47. The Morgan fingerprint density at radius 3 is 2.19 bits per heavy atom. The van der Waals surface area contributed by atoms with Crippen LogP contribution in [0.1, 0.15) is 35.6 Å². The SMILES string of the molecule is O=S1(=O)c2ccccc2C(c2ccc(Cl)cc2)N1C1CCN(Cc2ccccc2)CC1. The number of piperidine rings is 1. The number of likely N-dealkylation sites (tertiary alicyclic amines) is 1. The van der Waals surface area contributed by atoms with Crippen molar-refractivity contribution in [1.29, 1.82) is 0 Å². The zero-order chi connectivity index (χ0) is 21.4. The molecule has 0 radical (unpaired) electrons. The van der Waals surface area contributed by atoms with Crippen molar-refractivity contribution in [2.75, 3.05) is 13.1 Å². The number of halogens is 1. The standard InChI is InChI=1S/C25H25ClN2O2S/c26-21-12-10-20(11-13-21)25-23-8-4-5-9-24(23)31(29,30)28(25)22-14-16-27(17-15-22)18-19-6-2-1-3-7-19/h1-13,22,25H,14-18H2. The molecule has 3 aromatic rings. The first kappa shape index (κ1) is 20.7. The maximum Gasteiger partial charge on any atom is 0.244 e. The van der Waals surface area contributed by atoms with Gasteiger partial charge in [0, 0.05) is 30.7 Å². The van der Waals surface area contributed by atoms with Gasteiger partial charge in [-0.25, -0.2) is 8.42 Å². The van der Waals surface area contributed by atoms with E-state index in [0.717, 1.165) is 43.6 Å². The van der Waals surface area contributed by atoms with Crippen LogP contribution in [0.5, 0.6) is 0 Å². The molecule has 1 atom stereocenters. The van der Waals surface area contributed by atoms with E-state index < -0.39 is 10.0 Å². The largest absolute Gasteiger partial charge is 0.299 e. The molecule has 2 aliphatic heterocycles. The molecule has 31 heavy (non-hydrogen) atoms. The number of rotatable bonds is 4. The zero-order valence-electron chi connectivity index (χ0n) is 17.2. The fraction of sp³-hybridized carbons (Fsp3) is 0.280. The second-order valence-corrected chi connectivity index (χ2v) is 10.6. The van der Waals surface area contributed by atoms with Crippen LogP contribution >= 0.6 is 11.6 Å². The van der Waals surface area contributed by atoms with Gasteiger partial charge in [0.15, 0.2) is 0 Å². The molecule has 2 aliphatic rings. The first-order valence-corrected chi connectivity index (χ1v) is 12.5. The van der Waals surface area contributed by atoms with Crippen molar-refractivity contribution in [1.82, 2.24) is 9.21 Å². The molecule has 0 amide bonds. The molecule has 160 valence electrons. The van der Waals surface area contributed by atoms with E-state index in [1.165, 1.54) is 5.56 Å². The molecule has 6 heteroatoms. The predicted octanol–water partition coefficient (Wildman–Crippen LogP) is 5.10. The Hall–Kier alpha value is -2.18. The number of hydrogen-bond acceptors (Lipinski definition) is 3. The number of hydrogen-bond donors (Lipinski definition) is 0. The van der Waals surface area contributed by atoms with Gasteiger partial charge >= 0.3 is 0 Å². The third-order valence-corrected chi connectivity index (χ3v) is 8.62. The van der Waals surface area contributed by atoms with Crippen LogP contribution in [0.25, 0.3) is 0 Å². The second kappa shape index (κ2) is 8.40. The van der Waals surface area contributed by atoms with Gasteiger partial charge in [0.25, 0.3) is 0 Å². The van der Waals surface area contributed by atoms with Gasteiger partial charge < -0.3 is 0 Å². The molecule has 4 nitrogen and oxygen atoms in total. The normalized spacial score (nSPS) is 21.8. The molecule has 1 saturated heterocycles. The van der Waals surface area contributed by atoms with Crippen LogP contribution in [0.4, 0.5) is 0 Å². The molecule has 1 fully saturated rings. The summed E-state index contributed by atoms with van der Waals surface area (Å²) in [7, 11) is -3.55. The van der Waals surface area contributed by atoms with Crippen LogP contribution in [-0.2, 0) is 16.6 Å². The minimum atomic E-state index is -3.55. The van der Waals surface area contributed by atoms with E-state index >= 15 is 0 Å². The Labute approximate surface area is 189 Å². The van der Waals surface area contributed by atoms with E-state index in [9.17, 15) is 8.42 Å². The monoisotopic (exact) mass is 452 g/mol. The summed E-state index contributed by atoms with van der Waals surface area (Å²) >= 11 is 6.10. The molecule has 5 rings (SSSR count). The summed E-state index contributed by atoms with van der Waals surface area (Å²) in [6.45, 7) is 2.67. The van der Waals surface area contributed by atoms with Crippen molar-refractivity contribution in [3.63, 3.8) is 0 Å². The topological polar surface area (TPSA) is 40.6 Å². The van der Waals surface area contributed by atoms with Crippen molar-refractivity contribution in [2.24, 2.45) is 0 Å². The van der Waals surface area contributed by atoms with Crippen molar-refractivity contribution in [3.8, 4) is 0 Å². The average Bonchev–Trinajstić information content (AvgIpc) is 3.03. The quantitative estimate of drug-likeness (QED) is 0.553. The van der Waals surface area contributed by atoms with Gasteiger partial charge in [0.05, 0.1) is 10.9 Å². The van der Waals surface area contributed by atoms with Crippen molar-refractivity contribution in [2.45, 2.75) is 36.4 Å². The molecule has 0 aromatic heterocycles. The summed E-state index contributed by atoms with van der Waals surface area (Å²) in [6, 6.07) is 25.1. The van der Waals surface area contributed by atoms with Crippen LogP contribution in [0.2, 0.25) is 5.02 Å². The van der Waals surface area contributed by atoms with Crippen LogP contribution in [0.15, 0.2) is 83.8 Å². The third-order valence-electron chi connectivity index (χ3n) is 6.38. The maximum absolute atomic E-state index is 13.6. The number of benzene rings is 3. The van der Waals surface area contributed by atoms with Crippen molar-refractivity contribution in [3.05, 3.63) is 101 Å². The summed E-state index contributed by atoms with van der Waals surface area (Å²) < 4.78 is 29.0. The van der Waals surface area contributed by atoms with Gasteiger partial charge in [-0.2, -0.15) is 4.31 Å². The van der Waals surface area contributed by atoms with Crippen molar-refractivity contribution < 1.29 is 8.42 Å². The van der Waals surface area contributed by atoms with Gasteiger partial charge in [-0.1, -0.05) is 72.3 Å². The zero-order valence-corrected chi connectivity index (χ0v) is 18.8. The number of nitrogens with zero attached hydrogens (tertiary/aromatic N) is 2. The molecule has 0 aliphatic carbocycles. The number of fused-ring (bicyclic) bond motifs is 1. The lowest BCUT2D eigenvalue weighted by molar-refractivity contribution is 0.144. The smallest absolute Gasteiger partial charge is 0.244 e. The van der Waals surface area contributed by atoms with E-state index in [2.05, 4.69) is 29.2 Å². The van der Waals surface area contributed by atoms with Gasteiger partial charge in [-0.15, -0.1) is 0 Å². The summed E-state index contributed by atoms with van der Waals surface area (Å²) in [5.41, 5.74) is 3.11. The van der Waals surface area contributed by atoms with Crippen molar-refractivity contribution >= 4 is 21.6 Å². The molecule has 2 heterocycles. The van der Waals surface area contributed by atoms with Gasteiger partial charge in [0.2, 0.25) is 10.0 Å². The van der Waals surface area contributed by atoms with Crippen LogP contribution in [0.3, 0.4) is 0 Å². The number of sulfonamides is 1. The molecule has 0 saturated carbocycles. The lowest BCUT2D eigenvalue weighted by atomic mass is 9.95. The minimum Gasteiger partial charge on any atom is -0.299 e. The molecule has 0 bridgehead atoms. The van der Waals surface area contributed by atoms with Crippen LogP contribution < -0.4 is 0 Å². The Morgan fingerprint density at radius 2 is 1.48 bits per heavy atom. The lowest BCUT2D eigenvalue weighted by Gasteiger charge is -2.38. The first-order chi connectivity index (χ1) is 15.0. The predicted molar refractivity (Wildman–Crippen MR) is 124 cm³/mol.